The van der Waals surface area contributed by atoms with Crippen molar-refractivity contribution >= 4 is 39.5 Å². The summed E-state index contributed by atoms with van der Waals surface area (Å²) in [6.07, 6.45) is 40.2. The van der Waals surface area contributed by atoms with Crippen LogP contribution in [0.3, 0.4) is 0 Å². The van der Waals surface area contributed by atoms with Crippen molar-refractivity contribution in [1.82, 2.24) is 0 Å². The van der Waals surface area contributed by atoms with E-state index >= 15 is 0 Å². The van der Waals surface area contributed by atoms with Gasteiger partial charge in [-0.3, -0.25) is 37.3 Å². The maximum Gasteiger partial charge on any atom is 0.472 e. The quantitative estimate of drug-likeness (QED) is 0.0222. The van der Waals surface area contributed by atoms with Gasteiger partial charge in [0, 0.05) is 25.7 Å². The molecule has 0 amide bonds. The fraction of sp³-hybridized carbons (Fsp3) is 0.940. The third kappa shape index (κ3) is 59.7. The monoisotopic (exact) mass is 1270 g/mol. The Labute approximate surface area is 524 Å². The molecular weight excluding hydrogens is 1140 g/mol. The van der Waals surface area contributed by atoms with Crippen LogP contribution in [0, 0.1) is 17.8 Å². The van der Waals surface area contributed by atoms with Gasteiger partial charge in [-0.15, -0.1) is 0 Å². The minimum atomic E-state index is -4.95. The maximum atomic E-state index is 13.0. The van der Waals surface area contributed by atoms with Gasteiger partial charge in [-0.2, -0.15) is 0 Å². The van der Waals surface area contributed by atoms with E-state index in [1.165, 1.54) is 141 Å². The number of ether oxygens (including phenoxy) is 4. The Morgan fingerprint density at radius 2 is 0.593 bits per heavy atom. The second-order valence-corrected chi connectivity index (χ2v) is 28.3. The molecular formula is C67H130O17P2. The first-order valence-corrected chi connectivity index (χ1v) is 37.9. The lowest BCUT2D eigenvalue weighted by Crippen LogP contribution is -2.30. The predicted molar refractivity (Wildman–Crippen MR) is 344 cm³/mol. The smallest absolute Gasteiger partial charge is 0.462 e. The van der Waals surface area contributed by atoms with Crippen LogP contribution < -0.4 is 0 Å². The molecule has 17 nitrogen and oxygen atoms in total. The molecule has 0 aromatic carbocycles. The van der Waals surface area contributed by atoms with Crippen molar-refractivity contribution in [1.29, 1.82) is 0 Å². The maximum absolute atomic E-state index is 13.0. The summed E-state index contributed by atoms with van der Waals surface area (Å²) in [5.41, 5.74) is 0. The van der Waals surface area contributed by atoms with Gasteiger partial charge < -0.3 is 33.8 Å². The van der Waals surface area contributed by atoms with Gasteiger partial charge in [-0.25, -0.2) is 9.13 Å². The minimum Gasteiger partial charge on any atom is -0.462 e. The molecule has 0 aliphatic carbocycles. The summed E-state index contributed by atoms with van der Waals surface area (Å²) in [7, 11) is -9.89. The van der Waals surface area contributed by atoms with Crippen LogP contribution in [0.5, 0.6) is 0 Å². The molecule has 0 saturated carbocycles. The molecule has 86 heavy (non-hydrogen) atoms. The second-order valence-electron chi connectivity index (χ2n) is 25.4. The van der Waals surface area contributed by atoms with Crippen molar-refractivity contribution in [2.75, 3.05) is 39.6 Å². The second kappa shape index (κ2) is 58.2. The number of phosphoric acid groups is 2. The molecule has 510 valence electrons. The topological polar surface area (TPSA) is 237 Å². The first-order chi connectivity index (χ1) is 41.3. The summed E-state index contributed by atoms with van der Waals surface area (Å²) in [4.78, 5) is 72.4. The number of aliphatic hydroxyl groups is 1. The average molecular weight is 1270 g/mol. The van der Waals surface area contributed by atoms with Crippen molar-refractivity contribution in [2.45, 2.75) is 349 Å². The number of unbranched alkanes of at least 4 members (excludes halogenated alkanes) is 32. The summed E-state index contributed by atoms with van der Waals surface area (Å²) in [5.74, 6) is 0.115. The molecule has 0 aliphatic heterocycles. The lowest BCUT2D eigenvalue weighted by atomic mass is 9.99. The third-order valence-corrected chi connectivity index (χ3v) is 17.6. The number of hydrogen-bond acceptors (Lipinski definition) is 15. The standard InChI is InChI=1S/C67H130O17P2/c1-8-10-11-12-13-14-18-27-34-41-48-64(69)77-54-63(84-67(72)51-44-37-30-23-21-25-32-39-46-59(5)6)57-82-86(75,76)80-53-61(68)52-79-85(73,74)81-56-62(55-78-65(70)49-42-35-28-22-20-24-31-38-45-58(3)4)83-66(71)50-43-36-29-19-16-15-17-26-33-40-47-60(7)9-2/h58-63,68H,8-57H2,1-7H3,(H,73,74)(H,75,76)/t60?,61-,62-,63-/m1/s1. The van der Waals surface area contributed by atoms with Crippen molar-refractivity contribution in [3.8, 4) is 0 Å². The lowest BCUT2D eigenvalue weighted by molar-refractivity contribution is -0.161. The van der Waals surface area contributed by atoms with Gasteiger partial charge in [-0.1, -0.05) is 280 Å². The van der Waals surface area contributed by atoms with Crippen molar-refractivity contribution < 1.29 is 80.2 Å². The number of phosphoric ester groups is 2. The minimum absolute atomic E-state index is 0.104. The van der Waals surface area contributed by atoms with Gasteiger partial charge >= 0.3 is 39.5 Å². The molecule has 0 heterocycles. The van der Waals surface area contributed by atoms with Gasteiger partial charge in [-0.05, 0) is 43.4 Å². The SMILES string of the molecule is CCCCCCCCCCCCC(=O)OC[C@H](COP(=O)(O)OC[C@H](O)COP(=O)(O)OC[C@@H](COC(=O)CCCCCCCCCCC(C)C)OC(=O)CCCCCCCCCCCCC(C)CC)OC(=O)CCCCCCCCCCC(C)C. The highest BCUT2D eigenvalue weighted by Gasteiger charge is 2.30. The van der Waals surface area contributed by atoms with Crippen LogP contribution in [0.15, 0.2) is 0 Å². The number of carbonyl (C=O) groups is 4. The van der Waals surface area contributed by atoms with Gasteiger partial charge in [0.15, 0.2) is 12.2 Å². The highest BCUT2D eigenvalue weighted by molar-refractivity contribution is 7.47. The van der Waals surface area contributed by atoms with E-state index in [-0.39, 0.29) is 25.7 Å². The molecule has 3 N–H and O–H groups in total. The van der Waals surface area contributed by atoms with E-state index in [0.29, 0.717) is 25.7 Å². The van der Waals surface area contributed by atoms with Crippen molar-refractivity contribution in [3.63, 3.8) is 0 Å². The Bertz CT molecular complexity index is 1700. The van der Waals surface area contributed by atoms with Crippen molar-refractivity contribution in [2.24, 2.45) is 17.8 Å². The van der Waals surface area contributed by atoms with E-state index in [4.69, 9.17) is 37.0 Å². The zero-order valence-corrected chi connectivity index (χ0v) is 57.6. The Balaban J connectivity index is 5.26. The van der Waals surface area contributed by atoms with E-state index in [1.54, 1.807) is 0 Å². The normalized spacial score (nSPS) is 14.6. The Morgan fingerprint density at radius 3 is 0.884 bits per heavy atom. The van der Waals surface area contributed by atoms with Gasteiger partial charge in [0.2, 0.25) is 0 Å². The Hall–Kier alpha value is -1.94. The fourth-order valence-corrected chi connectivity index (χ4v) is 11.6. The van der Waals surface area contributed by atoms with Crippen LogP contribution in [0.25, 0.3) is 0 Å². The van der Waals surface area contributed by atoms with Crippen LogP contribution in [0.1, 0.15) is 331 Å². The first-order valence-electron chi connectivity index (χ1n) is 34.9. The first kappa shape index (κ1) is 84.1. The molecule has 0 fully saturated rings. The molecule has 0 radical (unpaired) electrons. The fourth-order valence-electron chi connectivity index (χ4n) is 9.98. The molecule has 3 unspecified atom stereocenters. The van der Waals surface area contributed by atoms with E-state index in [2.05, 4.69) is 48.5 Å². The van der Waals surface area contributed by atoms with Crippen LogP contribution in [-0.4, -0.2) is 96.7 Å². The summed E-state index contributed by atoms with van der Waals surface area (Å²) < 4.78 is 68.1. The van der Waals surface area contributed by atoms with Crippen LogP contribution >= 0.6 is 15.6 Å². The van der Waals surface area contributed by atoms with E-state index in [0.717, 1.165) is 108 Å². The molecule has 0 bridgehead atoms. The van der Waals surface area contributed by atoms with Crippen molar-refractivity contribution in [3.05, 3.63) is 0 Å². The highest BCUT2D eigenvalue weighted by atomic mass is 31.2. The predicted octanol–water partition coefficient (Wildman–Crippen LogP) is 18.7. The van der Waals surface area contributed by atoms with Crippen LogP contribution in [-0.2, 0) is 65.4 Å². The average Bonchev–Trinajstić information content (AvgIpc) is 3.55. The molecule has 0 aliphatic rings. The van der Waals surface area contributed by atoms with Gasteiger partial charge in [0.25, 0.3) is 0 Å². The number of esters is 4. The summed E-state index contributed by atoms with van der Waals surface area (Å²) in [6.45, 7) is 11.8. The summed E-state index contributed by atoms with van der Waals surface area (Å²) in [6, 6.07) is 0. The van der Waals surface area contributed by atoms with Gasteiger partial charge in [0.1, 0.15) is 19.3 Å². The number of aliphatic hydroxyl groups excluding tert-OH is 1. The molecule has 0 saturated heterocycles. The number of hydrogen-bond donors (Lipinski definition) is 3. The third-order valence-electron chi connectivity index (χ3n) is 15.7. The van der Waals surface area contributed by atoms with E-state index in [1.807, 2.05) is 0 Å². The van der Waals surface area contributed by atoms with E-state index in [9.17, 15) is 43.2 Å². The molecule has 19 heteroatoms. The largest absolute Gasteiger partial charge is 0.472 e. The zero-order valence-electron chi connectivity index (χ0n) is 55.8. The molecule has 0 rings (SSSR count). The molecule has 0 aromatic rings. The molecule has 6 atom stereocenters. The summed E-state index contributed by atoms with van der Waals surface area (Å²) in [5, 5.41) is 10.6. The molecule has 0 aromatic heterocycles. The number of carbonyl (C=O) groups excluding carboxylic acids is 4. The molecule has 0 spiro atoms. The summed E-state index contributed by atoms with van der Waals surface area (Å²) >= 11 is 0. The number of rotatable bonds is 65. The van der Waals surface area contributed by atoms with E-state index < -0.39 is 97.5 Å². The Morgan fingerprint density at radius 1 is 0.337 bits per heavy atom. The zero-order chi connectivity index (χ0) is 63.8. The van der Waals surface area contributed by atoms with Gasteiger partial charge in [0.05, 0.1) is 26.4 Å². The lowest BCUT2D eigenvalue weighted by Gasteiger charge is -2.21. The Kier molecular flexibility index (Phi) is 56.9. The van der Waals surface area contributed by atoms with Crippen LogP contribution in [0.4, 0.5) is 0 Å². The van der Waals surface area contributed by atoms with Crippen LogP contribution in [0.2, 0.25) is 0 Å². The highest BCUT2D eigenvalue weighted by Crippen LogP contribution is 2.45.